The van der Waals surface area contributed by atoms with Gasteiger partial charge in [-0.2, -0.15) is 13.2 Å². The molecule has 5 nitrogen and oxygen atoms in total. The van der Waals surface area contributed by atoms with E-state index in [4.69, 9.17) is 4.74 Å². The Balaban J connectivity index is 1.68. The van der Waals surface area contributed by atoms with Crippen LogP contribution in [0.4, 0.5) is 18.9 Å². The van der Waals surface area contributed by atoms with Gasteiger partial charge < -0.3 is 15.0 Å². The zero-order chi connectivity index (χ0) is 19.6. The maximum atomic E-state index is 12.7. The molecule has 2 N–H and O–H groups in total. The smallest absolute Gasteiger partial charge is 0.416 e. The molecule has 0 bridgehead atoms. The van der Waals surface area contributed by atoms with Crippen molar-refractivity contribution in [1.29, 1.82) is 0 Å². The summed E-state index contributed by atoms with van der Waals surface area (Å²) in [5.41, 5.74) is 0.0865. The lowest BCUT2D eigenvalue weighted by Crippen LogP contribution is -2.30. The van der Waals surface area contributed by atoms with Gasteiger partial charge in [0.2, 0.25) is 0 Å². The van der Waals surface area contributed by atoms with Crippen LogP contribution < -0.4 is 5.32 Å². The summed E-state index contributed by atoms with van der Waals surface area (Å²) in [5, 5.41) is 2.96. The van der Waals surface area contributed by atoms with Gasteiger partial charge in [0.15, 0.2) is 6.10 Å². The molecule has 0 aliphatic carbocycles. The molecule has 1 heterocycles. The van der Waals surface area contributed by atoms with Crippen molar-refractivity contribution in [1.82, 2.24) is 4.98 Å². The maximum Gasteiger partial charge on any atom is 0.416 e. The molecule has 3 rings (SSSR count). The number of hydrogen-bond donors (Lipinski definition) is 2. The van der Waals surface area contributed by atoms with Crippen molar-refractivity contribution in [2.45, 2.75) is 19.2 Å². The van der Waals surface area contributed by atoms with E-state index in [0.717, 1.165) is 17.6 Å². The molecular weight excluding hydrogens is 361 g/mol. The average Bonchev–Trinajstić information content (AvgIpc) is 3.05. The van der Waals surface area contributed by atoms with Crippen LogP contribution in [0.15, 0.2) is 54.7 Å². The minimum Gasteiger partial charge on any atom is -0.449 e. The molecule has 0 spiro atoms. The molecule has 0 fully saturated rings. The first-order valence-corrected chi connectivity index (χ1v) is 8.01. The van der Waals surface area contributed by atoms with E-state index in [1.807, 2.05) is 0 Å². The summed E-state index contributed by atoms with van der Waals surface area (Å²) in [5.74, 6) is -1.44. The number of carbonyl (C=O) groups is 2. The summed E-state index contributed by atoms with van der Waals surface area (Å²) in [6.45, 7) is 1.34. The normalized spacial score (nSPS) is 12.6. The third-order valence-corrected chi connectivity index (χ3v) is 3.92. The molecule has 27 heavy (non-hydrogen) atoms. The highest BCUT2D eigenvalue weighted by atomic mass is 19.4. The Labute approximate surface area is 152 Å². The number of rotatable bonds is 4. The van der Waals surface area contributed by atoms with Crippen LogP contribution in [-0.2, 0) is 15.7 Å². The molecule has 1 unspecified atom stereocenters. The highest BCUT2D eigenvalue weighted by Gasteiger charge is 2.30. The third-order valence-electron chi connectivity index (χ3n) is 3.92. The SMILES string of the molecule is CC(OC(=O)c1c[nH]c2ccccc12)C(=O)Nc1cccc(C(F)(F)F)c1. The fourth-order valence-electron chi connectivity index (χ4n) is 2.54. The molecule has 1 atom stereocenters. The Bertz CT molecular complexity index is 995. The fourth-order valence-corrected chi connectivity index (χ4v) is 2.54. The second-order valence-corrected chi connectivity index (χ2v) is 5.86. The maximum absolute atomic E-state index is 12.7. The number of halogens is 3. The second-order valence-electron chi connectivity index (χ2n) is 5.86. The Kier molecular flexibility index (Phi) is 4.89. The number of aromatic amines is 1. The van der Waals surface area contributed by atoms with E-state index in [9.17, 15) is 22.8 Å². The van der Waals surface area contributed by atoms with Gasteiger partial charge in [-0.15, -0.1) is 0 Å². The van der Waals surface area contributed by atoms with Gasteiger partial charge in [0, 0.05) is 22.8 Å². The number of H-pyrrole nitrogens is 1. The lowest BCUT2D eigenvalue weighted by molar-refractivity contribution is -0.137. The molecule has 2 aromatic carbocycles. The van der Waals surface area contributed by atoms with Crippen LogP contribution in [0.3, 0.4) is 0 Å². The van der Waals surface area contributed by atoms with Crippen LogP contribution in [0.25, 0.3) is 10.9 Å². The fraction of sp³-hybridized carbons (Fsp3) is 0.158. The minimum atomic E-state index is -4.52. The Hall–Kier alpha value is -3.29. The predicted molar refractivity (Wildman–Crippen MR) is 93.2 cm³/mol. The van der Waals surface area contributed by atoms with Gasteiger partial charge in [0.25, 0.3) is 5.91 Å². The Morgan fingerprint density at radius 1 is 1.11 bits per heavy atom. The number of ether oxygens (including phenoxy) is 1. The summed E-state index contributed by atoms with van der Waals surface area (Å²) in [6.07, 6.45) is -4.24. The Morgan fingerprint density at radius 2 is 1.85 bits per heavy atom. The van der Waals surface area contributed by atoms with E-state index in [2.05, 4.69) is 10.3 Å². The van der Waals surface area contributed by atoms with Crippen molar-refractivity contribution >= 4 is 28.5 Å². The number of para-hydroxylation sites is 1. The first-order valence-electron chi connectivity index (χ1n) is 8.01. The van der Waals surface area contributed by atoms with Crippen molar-refractivity contribution in [3.05, 3.63) is 65.9 Å². The molecule has 0 saturated carbocycles. The van der Waals surface area contributed by atoms with Gasteiger partial charge in [-0.1, -0.05) is 24.3 Å². The van der Waals surface area contributed by atoms with Gasteiger partial charge >= 0.3 is 12.1 Å². The quantitative estimate of drug-likeness (QED) is 0.664. The third kappa shape index (κ3) is 4.11. The number of esters is 1. The highest BCUT2D eigenvalue weighted by Crippen LogP contribution is 2.30. The first kappa shape index (κ1) is 18.5. The van der Waals surface area contributed by atoms with Gasteiger partial charge in [0.05, 0.1) is 11.1 Å². The standard InChI is InChI=1S/C19H15F3N2O3/c1-11(17(25)24-13-6-4-5-12(9-13)19(20,21)22)27-18(26)15-10-23-16-8-3-2-7-14(15)16/h2-11,23H,1H3,(H,24,25). The van der Waals surface area contributed by atoms with E-state index >= 15 is 0 Å². The van der Waals surface area contributed by atoms with E-state index in [1.54, 1.807) is 24.3 Å². The summed E-state index contributed by atoms with van der Waals surface area (Å²) < 4.78 is 43.3. The van der Waals surface area contributed by atoms with Crippen LogP contribution in [-0.4, -0.2) is 23.0 Å². The average molecular weight is 376 g/mol. The number of benzene rings is 2. The molecule has 3 aromatic rings. The molecule has 8 heteroatoms. The van der Waals surface area contributed by atoms with E-state index in [0.29, 0.717) is 5.39 Å². The highest BCUT2D eigenvalue weighted by molar-refractivity contribution is 6.05. The van der Waals surface area contributed by atoms with Crippen molar-refractivity contribution < 1.29 is 27.5 Å². The zero-order valence-electron chi connectivity index (χ0n) is 14.1. The molecule has 0 aliphatic heterocycles. The summed E-state index contributed by atoms with van der Waals surface area (Å²) in [7, 11) is 0. The van der Waals surface area contributed by atoms with Gasteiger partial charge in [-0.25, -0.2) is 4.79 Å². The van der Waals surface area contributed by atoms with Crippen LogP contribution in [0.5, 0.6) is 0 Å². The molecule has 0 saturated heterocycles. The number of anilines is 1. The monoisotopic (exact) mass is 376 g/mol. The summed E-state index contributed by atoms with van der Waals surface area (Å²) >= 11 is 0. The number of alkyl halides is 3. The predicted octanol–water partition coefficient (Wildman–Crippen LogP) is 4.37. The van der Waals surface area contributed by atoms with Crippen molar-refractivity contribution in [2.75, 3.05) is 5.32 Å². The van der Waals surface area contributed by atoms with Crippen molar-refractivity contribution in [3.8, 4) is 0 Å². The van der Waals surface area contributed by atoms with Crippen LogP contribution >= 0.6 is 0 Å². The molecular formula is C19H15F3N2O3. The first-order chi connectivity index (χ1) is 12.8. The van der Waals surface area contributed by atoms with Gasteiger partial charge in [-0.3, -0.25) is 4.79 Å². The largest absolute Gasteiger partial charge is 0.449 e. The molecule has 0 radical (unpaired) electrons. The van der Waals surface area contributed by atoms with Crippen molar-refractivity contribution in [3.63, 3.8) is 0 Å². The zero-order valence-corrected chi connectivity index (χ0v) is 14.1. The lowest BCUT2D eigenvalue weighted by atomic mass is 10.2. The number of hydrogen-bond acceptors (Lipinski definition) is 3. The molecule has 1 amide bonds. The van der Waals surface area contributed by atoms with Gasteiger partial charge in [0.1, 0.15) is 0 Å². The van der Waals surface area contributed by atoms with Crippen LogP contribution in [0, 0.1) is 0 Å². The summed E-state index contributed by atoms with van der Waals surface area (Å²) in [6, 6.07) is 11.3. The van der Waals surface area contributed by atoms with Crippen molar-refractivity contribution in [2.24, 2.45) is 0 Å². The van der Waals surface area contributed by atoms with Crippen LogP contribution in [0.1, 0.15) is 22.8 Å². The number of fused-ring (bicyclic) bond motifs is 1. The second kappa shape index (κ2) is 7.14. The number of carbonyl (C=O) groups excluding carboxylic acids is 2. The molecule has 1 aromatic heterocycles. The Morgan fingerprint density at radius 3 is 2.59 bits per heavy atom. The van der Waals surface area contributed by atoms with E-state index in [-0.39, 0.29) is 11.3 Å². The number of amides is 1. The topological polar surface area (TPSA) is 71.2 Å². The number of nitrogens with one attached hydrogen (secondary N) is 2. The minimum absolute atomic E-state index is 0.0372. The number of aromatic nitrogens is 1. The summed E-state index contributed by atoms with van der Waals surface area (Å²) in [4.78, 5) is 27.4. The van der Waals surface area contributed by atoms with E-state index in [1.165, 1.54) is 25.3 Å². The van der Waals surface area contributed by atoms with Gasteiger partial charge in [-0.05, 0) is 31.2 Å². The molecule has 0 aliphatic rings. The van der Waals surface area contributed by atoms with Crippen LogP contribution in [0.2, 0.25) is 0 Å². The lowest BCUT2D eigenvalue weighted by Gasteiger charge is -2.14. The van der Waals surface area contributed by atoms with E-state index < -0.39 is 29.7 Å². The molecule has 140 valence electrons.